The Hall–Kier alpha value is -5.15. The minimum Gasteiger partial charge on any atom is -0.477 e. The number of carboxylic acids is 1. The second kappa shape index (κ2) is 15.4. The summed E-state index contributed by atoms with van der Waals surface area (Å²) >= 11 is 0. The smallest absolute Gasteiger partial charge is 0.346 e. The van der Waals surface area contributed by atoms with Crippen molar-refractivity contribution in [1.82, 2.24) is 0 Å². The van der Waals surface area contributed by atoms with E-state index in [1.165, 1.54) is 6.08 Å². The Labute approximate surface area is 258 Å². The Morgan fingerprint density at radius 3 is 1.86 bits per heavy atom. The second-order valence-corrected chi connectivity index (χ2v) is 10.8. The van der Waals surface area contributed by atoms with Gasteiger partial charge in [0.25, 0.3) is 0 Å². The molecule has 0 amide bonds. The van der Waals surface area contributed by atoms with Crippen LogP contribution in [0, 0.1) is 18.3 Å². The fourth-order valence-electron chi connectivity index (χ4n) is 4.92. The van der Waals surface area contributed by atoms with E-state index in [2.05, 4.69) is 30.9 Å². The molecule has 6 heteroatoms. The first-order chi connectivity index (χ1) is 21.3. The van der Waals surface area contributed by atoms with Crippen molar-refractivity contribution in [3.05, 3.63) is 116 Å². The van der Waals surface area contributed by atoms with Crippen molar-refractivity contribution in [2.45, 2.75) is 46.5 Å². The summed E-state index contributed by atoms with van der Waals surface area (Å²) in [6.45, 7) is 8.35. The Kier molecular flexibility index (Phi) is 11.1. The molecule has 0 atom stereocenters. The van der Waals surface area contributed by atoms with E-state index in [-0.39, 0.29) is 11.2 Å². The summed E-state index contributed by atoms with van der Waals surface area (Å²) in [7, 11) is 0. The standard InChI is InChI=1S/C38H38N2O4/c1-4-6-22-40(23-7-5-2)33-19-21-34-27(3)35(38(43)44-36(34)25-33)20-18-30-12-10-28(11-13-30)8-9-29-14-16-31(17-15-29)24-32(26-39)37(41)42/h8-21,24-25H,4-7,22-23H2,1-3H3,(H,41,42)/b9-8+,20-18+,32-24+. The first kappa shape index (κ1) is 31.8. The highest BCUT2D eigenvalue weighted by atomic mass is 16.4. The Morgan fingerprint density at radius 2 is 1.36 bits per heavy atom. The molecule has 44 heavy (non-hydrogen) atoms. The third kappa shape index (κ3) is 8.23. The summed E-state index contributed by atoms with van der Waals surface area (Å²) in [4.78, 5) is 26.4. The molecule has 0 saturated carbocycles. The van der Waals surface area contributed by atoms with Crippen molar-refractivity contribution >= 4 is 53.0 Å². The summed E-state index contributed by atoms with van der Waals surface area (Å²) in [6.07, 6.45) is 13.6. The van der Waals surface area contributed by atoms with E-state index in [1.54, 1.807) is 18.2 Å². The highest BCUT2D eigenvalue weighted by Gasteiger charge is 2.13. The van der Waals surface area contributed by atoms with E-state index in [0.717, 1.165) is 72.1 Å². The Morgan fingerprint density at radius 1 is 0.841 bits per heavy atom. The SMILES string of the molecule is CCCCN(CCCC)c1ccc2c(C)c(/C=C/c3ccc(/C=C/c4ccc(/C=C(\C#N)C(=O)O)cc4)cc3)c(=O)oc2c1. The molecule has 0 aliphatic carbocycles. The number of unbranched alkanes of at least 4 members (excludes halogenated alkanes) is 2. The third-order valence-corrected chi connectivity index (χ3v) is 7.57. The number of hydrogen-bond donors (Lipinski definition) is 1. The lowest BCUT2D eigenvalue weighted by atomic mass is 10.0. The number of aliphatic carboxylic acids is 1. The van der Waals surface area contributed by atoms with Crippen LogP contribution in [-0.2, 0) is 4.79 Å². The molecule has 0 aliphatic rings. The van der Waals surface area contributed by atoms with Crippen LogP contribution >= 0.6 is 0 Å². The highest BCUT2D eigenvalue weighted by Crippen LogP contribution is 2.26. The molecular weight excluding hydrogens is 548 g/mol. The molecule has 1 heterocycles. The summed E-state index contributed by atoms with van der Waals surface area (Å²) in [6, 6.07) is 23.1. The molecule has 0 unspecified atom stereocenters. The molecule has 0 fully saturated rings. The number of fused-ring (bicyclic) bond motifs is 1. The van der Waals surface area contributed by atoms with E-state index in [0.29, 0.717) is 16.7 Å². The quantitative estimate of drug-likeness (QED) is 0.0728. The van der Waals surface area contributed by atoms with Gasteiger partial charge >= 0.3 is 11.6 Å². The van der Waals surface area contributed by atoms with Gasteiger partial charge in [-0.25, -0.2) is 9.59 Å². The van der Waals surface area contributed by atoms with Crippen molar-refractivity contribution in [2.75, 3.05) is 18.0 Å². The third-order valence-electron chi connectivity index (χ3n) is 7.57. The maximum atomic E-state index is 13.0. The molecule has 0 aliphatic heterocycles. The van der Waals surface area contributed by atoms with Crippen LogP contribution in [0.1, 0.15) is 72.9 Å². The normalized spacial score (nSPS) is 11.8. The van der Waals surface area contributed by atoms with Crippen molar-refractivity contribution in [3.63, 3.8) is 0 Å². The average molecular weight is 587 g/mol. The van der Waals surface area contributed by atoms with Crippen LogP contribution < -0.4 is 10.5 Å². The minimum absolute atomic E-state index is 0.306. The van der Waals surface area contributed by atoms with Crippen molar-refractivity contribution in [2.24, 2.45) is 0 Å². The topological polar surface area (TPSA) is 94.5 Å². The van der Waals surface area contributed by atoms with Gasteiger partial charge in [-0.1, -0.05) is 93.4 Å². The van der Waals surface area contributed by atoms with Gasteiger partial charge in [0.15, 0.2) is 0 Å². The molecule has 1 N–H and O–H groups in total. The number of carboxylic acid groups (broad SMARTS) is 1. The zero-order chi connectivity index (χ0) is 31.5. The number of rotatable bonds is 13. The van der Waals surface area contributed by atoms with E-state index in [4.69, 9.17) is 14.8 Å². The predicted octanol–water partition coefficient (Wildman–Crippen LogP) is 8.84. The molecule has 0 bridgehead atoms. The fourth-order valence-corrected chi connectivity index (χ4v) is 4.92. The lowest BCUT2D eigenvalue weighted by molar-refractivity contribution is -0.132. The zero-order valence-corrected chi connectivity index (χ0v) is 25.5. The molecule has 0 spiro atoms. The largest absolute Gasteiger partial charge is 0.477 e. The van der Waals surface area contributed by atoms with Gasteiger partial charge in [0.2, 0.25) is 0 Å². The predicted molar refractivity (Wildman–Crippen MR) is 181 cm³/mol. The van der Waals surface area contributed by atoms with E-state index in [1.807, 2.05) is 73.7 Å². The highest BCUT2D eigenvalue weighted by molar-refractivity contribution is 5.96. The molecule has 4 aromatic rings. The zero-order valence-electron chi connectivity index (χ0n) is 25.5. The van der Waals surface area contributed by atoms with Crippen LogP contribution in [0.5, 0.6) is 0 Å². The first-order valence-corrected chi connectivity index (χ1v) is 15.1. The monoisotopic (exact) mass is 586 g/mol. The van der Waals surface area contributed by atoms with Crippen LogP contribution in [0.4, 0.5) is 5.69 Å². The van der Waals surface area contributed by atoms with Gasteiger partial charge in [0, 0.05) is 30.2 Å². The van der Waals surface area contributed by atoms with E-state index in [9.17, 15) is 9.59 Å². The van der Waals surface area contributed by atoms with Crippen molar-refractivity contribution < 1.29 is 14.3 Å². The molecule has 4 rings (SSSR count). The number of hydrogen-bond acceptors (Lipinski definition) is 5. The van der Waals surface area contributed by atoms with Crippen LogP contribution in [-0.4, -0.2) is 24.2 Å². The Balaban J connectivity index is 1.47. The number of nitrogens with zero attached hydrogens (tertiary/aromatic N) is 2. The summed E-state index contributed by atoms with van der Waals surface area (Å²) in [5, 5.41) is 18.9. The van der Waals surface area contributed by atoms with Crippen LogP contribution in [0.25, 0.3) is 41.3 Å². The molecule has 224 valence electrons. The summed E-state index contributed by atoms with van der Waals surface area (Å²) < 4.78 is 5.81. The van der Waals surface area contributed by atoms with Crippen LogP contribution in [0.2, 0.25) is 0 Å². The lowest BCUT2D eigenvalue weighted by Crippen LogP contribution is -2.25. The first-order valence-electron chi connectivity index (χ1n) is 15.1. The fraction of sp³-hybridized carbons (Fsp3) is 0.237. The maximum Gasteiger partial charge on any atom is 0.346 e. The maximum absolute atomic E-state index is 13.0. The van der Waals surface area contributed by atoms with Crippen molar-refractivity contribution in [1.29, 1.82) is 5.26 Å². The molecular formula is C38H38N2O4. The van der Waals surface area contributed by atoms with Gasteiger partial charge in [0.1, 0.15) is 17.2 Å². The Bertz CT molecular complexity index is 1780. The second-order valence-electron chi connectivity index (χ2n) is 10.8. The summed E-state index contributed by atoms with van der Waals surface area (Å²) in [5.74, 6) is -1.24. The number of carbonyl (C=O) groups is 1. The molecule has 1 aromatic heterocycles. The van der Waals surface area contributed by atoms with Gasteiger partial charge in [-0.3, -0.25) is 0 Å². The van der Waals surface area contributed by atoms with Crippen molar-refractivity contribution in [3.8, 4) is 6.07 Å². The molecule has 3 aromatic carbocycles. The van der Waals surface area contributed by atoms with E-state index >= 15 is 0 Å². The number of benzene rings is 3. The van der Waals surface area contributed by atoms with Gasteiger partial charge < -0.3 is 14.4 Å². The van der Waals surface area contributed by atoms with Gasteiger partial charge in [-0.2, -0.15) is 5.26 Å². The summed E-state index contributed by atoms with van der Waals surface area (Å²) in [5.41, 5.74) is 6.08. The lowest BCUT2D eigenvalue weighted by Gasteiger charge is -2.25. The van der Waals surface area contributed by atoms with Crippen LogP contribution in [0.15, 0.2) is 81.5 Å². The van der Waals surface area contributed by atoms with Crippen LogP contribution in [0.3, 0.4) is 0 Å². The number of aryl methyl sites for hydroxylation is 1. The molecule has 6 nitrogen and oxygen atoms in total. The molecule has 0 radical (unpaired) electrons. The van der Waals surface area contributed by atoms with Gasteiger partial charge in [0.05, 0.1) is 5.56 Å². The van der Waals surface area contributed by atoms with Gasteiger partial charge in [-0.15, -0.1) is 0 Å². The molecule has 0 saturated heterocycles. The van der Waals surface area contributed by atoms with E-state index < -0.39 is 5.97 Å². The van der Waals surface area contributed by atoms with Gasteiger partial charge in [-0.05, 0) is 71.9 Å². The number of anilines is 1. The minimum atomic E-state index is -1.24. The number of nitriles is 1. The average Bonchev–Trinajstić information content (AvgIpc) is 3.03.